The minimum atomic E-state index is -0.890. The molecule has 9 nitrogen and oxygen atoms in total. The van der Waals surface area contributed by atoms with Crippen molar-refractivity contribution in [3.05, 3.63) is 73.7 Å². The predicted molar refractivity (Wildman–Crippen MR) is 100 cm³/mol. The van der Waals surface area contributed by atoms with Gasteiger partial charge in [0.15, 0.2) is 0 Å². The summed E-state index contributed by atoms with van der Waals surface area (Å²) in [5.41, 5.74) is -0.984. The molecule has 9 heteroatoms. The molecular formula is C18H19N5O4. The molecule has 0 N–H and O–H groups in total. The second kappa shape index (κ2) is 7.40. The van der Waals surface area contributed by atoms with Crippen LogP contribution in [0, 0.1) is 10.1 Å². The maximum atomic E-state index is 12.7. The first kappa shape index (κ1) is 18.3. The van der Waals surface area contributed by atoms with Crippen LogP contribution in [-0.2, 0) is 13.1 Å². The van der Waals surface area contributed by atoms with Gasteiger partial charge < -0.3 is 0 Å². The van der Waals surface area contributed by atoms with Crippen LogP contribution in [0.3, 0.4) is 0 Å². The molecule has 0 aliphatic rings. The van der Waals surface area contributed by atoms with Gasteiger partial charge in [0.1, 0.15) is 5.69 Å². The summed E-state index contributed by atoms with van der Waals surface area (Å²) in [4.78, 5) is 36.3. The van der Waals surface area contributed by atoms with Crippen molar-refractivity contribution in [1.29, 1.82) is 0 Å². The molecule has 0 unspecified atom stereocenters. The summed E-state index contributed by atoms with van der Waals surface area (Å²) >= 11 is 0. The number of benzene rings is 1. The molecular weight excluding hydrogens is 350 g/mol. The smallest absolute Gasteiger partial charge is 0.287 e. The standard InChI is InChI=1S/C18H19N5O4/c1-3-10-21-17(24)16(23(26)27)15(20(4-2)18(21)25)13-11-19-22(12-13)14-8-6-5-7-9-14/h5-9,11-12H,3-4,10H2,1-2H3. The van der Waals surface area contributed by atoms with E-state index in [0.717, 1.165) is 10.3 Å². The van der Waals surface area contributed by atoms with E-state index >= 15 is 0 Å². The van der Waals surface area contributed by atoms with Crippen molar-refractivity contribution in [1.82, 2.24) is 18.9 Å². The van der Waals surface area contributed by atoms with E-state index in [4.69, 9.17) is 0 Å². The molecule has 0 saturated heterocycles. The van der Waals surface area contributed by atoms with Crippen molar-refractivity contribution in [2.24, 2.45) is 0 Å². The molecule has 0 aliphatic carbocycles. The fourth-order valence-corrected chi connectivity index (χ4v) is 3.02. The first-order chi connectivity index (χ1) is 13.0. The third-order valence-electron chi connectivity index (χ3n) is 4.23. The van der Waals surface area contributed by atoms with Gasteiger partial charge in [-0.05, 0) is 25.5 Å². The monoisotopic (exact) mass is 369 g/mol. The minimum Gasteiger partial charge on any atom is -0.287 e. The van der Waals surface area contributed by atoms with E-state index in [1.165, 1.54) is 10.8 Å². The van der Waals surface area contributed by atoms with Crippen molar-refractivity contribution < 1.29 is 4.92 Å². The zero-order chi connectivity index (χ0) is 19.6. The van der Waals surface area contributed by atoms with Crippen LogP contribution in [0.1, 0.15) is 20.3 Å². The first-order valence-corrected chi connectivity index (χ1v) is 8.62. The molecule has 0 atom stereocenters. The largest absolute Gasteiger partial charge is 0.358 e. The van der Waals surface area contributed by atoms with Crippen LogP contribution in [0.2, 0.25) is 0 Å². The molecule has 27 heavy (non-hydrogen) atoms. The van der Waals surface area contributed by atoms with Crippen LogP contribution >= 0.6 is 0 Å². The maximum absolute atomic E-state index is 12.7. The Morgan fingerprint density at radius 3 is 2.41 bits per heavy atom. The number of hydrogen-bond donors (Lipinski definition) is 0. The second-order valence-electron chi connectivity index (χ2n) is 5.95. The Morgan fingerprint density at radius 2 is 1.81 bits per heavy atom. The number of nitrogens with zero attached hydrogens (tertiary/aromatic N) is 5. The molecule has 140 valence electrons. The molecule has 0 aliphatic heterocycles. The van der Waals surface area contributed by atoms with Crippen molar-refractivity contribution in [2.75, 3.05) is 0 Å². The second-order valence-corrected chi connectivity index (χ2v) is 5.95. The van der Waals surface area contributed by atoms with Crippen molar-refractivity contribution >= 4 is 5.69 Å². The zero-order valence-electron chi connectivity index (χ0n) is 15.0. The average molecular weight is 369 g/mol. The molecule has 2 heterocycles. The number of aromatic nitrogens is 4. The van der Waals surface area contributed by atoms with Gasteiger partial charge in [0.25, 0.3) is 0 Å². The van der Waals surface area contributed by atoms with Crippen LogP contribution in [0.4, 0.5) is 5.69 Å². The summed E-state index contributed by atoms with van der Waals surface area (Å²) in [7, 11) is 0. The van der Waals surface area contributed by atoms with Gasteiger partial charge in [0.2, 0.25) is 0 Å². The first-order valence-electron chi connectivity index (χ1n) is 8.62. The summed E-state index contributed by atoms with van der Waals surface area (Å²) in [6.07, 6.45) is 3.51. The van der Waals surface area contributed by atoms with E-state index < -0.39 is 21.9 Å². The highest BCUT2D eigenvalue weighted by atomic mass is 16.6. The quantitative estimate of drug-likeness (QED) is 0.489. The lowest BCUT2D eigenvalue weighted by molar-refractivity contribution is -0.386. The summed E-state index contributed by atoms with van der Waals surface area (Å²) in [6.45, 7) is 3.82. The highest BCUT2D eigenvalue weighted by molar-refractivity contribution is 5.68. The lowest BCUT2D eigenvalue weighted by Gasteiger charge is -2.13. The summed E-state index contributed by atoms with van der Waals surface area (Å²) < 4.78 is 3.72. The average Bonchev–Trinajstić information content (AvgIpc) is 3.15. The van der Waals surface area contributed by atoms with Gasteiger partial charge in [0, 0.05) is 24.8 Å². The highest BCUT2D eigenvalue weighted by Gasteiger charge is 2.29. The van der Waals surface area contributed by atoms with E-state index in [-0.39, 0.29) is 18.8 Å². The SMILES string of the molecule is CCCn1c(=O)c([N+](=O)[O-])c(-c2cnn(-c3ccccc3)c2)n(CC)c1=O. The Morgan fingerprint density at radius 1 is 1.11 bits per heavy atom. The van der Waals surface area contributed by atoms with E-state index in [9.17, 15) is 19.7 Å². The molecule has 0 spiro atoms. The van der Waals surface area contributed by atoms with Gasteiger partial charge in [-0.1, -0.05) is 25.1 Å². The molecule has 0 bridgehead atoms. The van der Waals surface area contributed by atoms with Crippen LogP contribution in [0.25, 0.3) is 16.9 Å². The third-order valence-corrected chi connectivity index (χ3v) is 4.23. The van der Waals surface area contributed by atoms with Crippen LogP contribution < -0.4 is 11.2 Å². The summed E-state index contributed by atoms with van der Waals surface area (Å²) in [6, 6.07) is 9.20. The molecule has 1 aromatic carbocycles. The fraction of sp³-hybridized carbons (Fsp3) is 0.278. The van der Waals surface area contributed by atoms with Crippen LogP contribution in [-0.4, -0.2) is 23.8 Å². The lowest BCUT2D eigenvalue weighted by atomic mass is 10.2. The molecule has 0 fully saturated rings. The number of nitro groups is 1. The Hall–Kier alpha value is -3.49. The van der Waals surface area contributed by atoms with Crippen molar-refractivity contribution in [3.63, 3.8) is 0 Å². The van der Waals surface area contributed by atoms with Gasteiger partial charge in [-0.3, -0.25) is 24.0 Å². The van der Waals surface area contributed by atoms with Gasteiger partial charge in [0.05, 0.1) is 16.8 Å². The van der Waals surface area contributed by atoms with Crippen LogP contribution in [0.5, 0.6) is 0 Å². The van der Waals surface area contributed by atoms with E-state index in [2.05, 4.69) is 5.10 Å². The Kier molecular flexibility index (Phi) is 5.02. The van der Waals surface area contributed by atoms with Gasteiger partial charge in [-0.25, -0.2) is 9.48 Å². The van der Waals surface area contributed by atoms with Gasteiger partial charge in [-0.15, -0.1) is 0 Å². The topological polar surface area (TPSA) is 105 Å². The maximum Gasteiger partial charge on any atom is 0.358 e. The molecule has 3 aromatic rings. The van der Waals surface area contributed by atoms with Crippen LogP contribution in [0.15, 0.2) is 52.3 Å². The van der Waals surface area contributed by atoms with E-state index in [1.807, 2.05) is 30.3 Å². The van der Waals surface area contributed by atoms with Crippen molar-refractivity contribution in [3.8, 4) is 16.9 Å². The molecule has 2 aromatic heterocycles. The minimum absolute atomic E-state index is 0.0213. The Bertz CT molecular complexity index is 1100. The molecule has 0 saturated carbocycles. The molecule has 0 radical (unpaired) electrons. The predicted octanol–water partition coefficient (Wildman–Crippen LogP) is 2.20. The zero-order valence-corrected chi connectivity index (χ0v) is 15.0. The number of rotatable bonds is 6. The molecule has 0 amide bonds. The fourth-order valence-electron chi connectivity index (χ4n) is 3.02. The van der Waals surface area contributed by atoms with Gasteiger partial charge in [-0.2, -0.15) is 5.10 Å². The highest BCUT2D eigenvalue weighted by Crippen LogP contribution is 2.26. The summed E-state index contributed by atoms with van der Waals surface area (Å²) in [5, 5.41) is 15.9. The Labute approximate surface area is 154 Å². The van der Waals surface area contributed by atoms with Crippen molar-refractivity contribution in [2.45, 2.75) is 33.4 Å². The number of hydrogen-bond acceptors (Lipinski definition) is 5. The van der Waals surface area contributed by atoms with Gasteiger partial charge >= 0.3 is 16.9 Å². The Balaban J connectivity index is 2.30. The molecule has 3 rings (SSSR count). The third kappa shape index (κ3) is 3.19. The van der Waals surface area contributed by atoms with E-state index in [1.54, 1.807) is 24.7 Å². The summed E-state index contributed by atoms with van der Waals surface area (Å²) in [5.74, 6) is 0. The van der Waals surface area contributed by atoms with E-state index in [0.29, 0.717) is 12.0 Å². The lowest BCUT2D eigenvalue weighted by Crippen LogP contribution is -2.41. The number of para-hydroxylation sites is 1. The normalized spacial score (nSPS) is 10.9.